The number of amides is 4. The van der Waals surface area contributed by atoms with E-state index in [9.17, 15) is 18.8 Å². The van der Waals surface area contributed by atoms with E-state index in [0.29, 0.717) is 24.6 Å². The number of likely N-dealkylation sites (tertiary alicyclic amines) is 1. The highest BCUT2D eigenvalue weighted by Crippen LogP contribution is 2.25. The van der Waals surface area contributed by atoms with Crippen LogP contribution in [0.5, 0.6) is 0 Å². The number of nitrogens with zero attached hydrogens (tertiary/aromatic N) is 3. The van der Waals surface area contributed by atoms with Crippen LogP contribution in [0.15, 0.2) is 18.2 Å². The summed E-state index contributed by atoms with van der Waals surface area (Å²) in [6, 6.07) is 3.42. The maximum Gasteiger partial charge on any atom is 0.328 e. The molecule has 3 aliphatic heterocycles. The predicted molar refractivity (Wildman–Crippen MR) is 110 cm³/mol. The molecule has 0 spiro atoms. The van der Waals surface area contributed by atoms with Gasteiger partial charge in [-0.25, -0.2) is 9.18 Å². The maximum absolute atomic E-state index is 14.4. The van der Waals surface area contributed by atoms with Gasteiger partial charge in [-0.05, 0) is 37.0 Å². The zero-order valence-electron chi connectivity index (χ0n) is 17.0. The first-order valence-corrected chi connectivity index (χ1v) is 10.6. The molecule has 8 nitrogen and oxygen atoms in total. The van der Waals surface area contributed by atoms with Gasteiger partial charge in [-0.1, -0.05) is 0 Å². The first-order valence-electron chi connectivity index (χ1n) is 10.6. The molecule has 0 atom stereocenters. The monoisotopic (exact) mass is 417 g/mol. The van der Waals surface area contributed by atoms with E-state index in [-0.39, 0.29) is 30.5 Å². The van der Waals surface area contributed by atoms with Gasteiger partial charge in [0.15, 0.2) is 0 Å². The molecule has 9 heteroatoms. The SMILES string of the molecule is O=C1CCN(c2cc(C(=O)N3CCC(CN4CCNCC4)CC3)ccc2F)C(=O)N1. The lowest BCUT2D eigenvalue weighted by atomic mass is 9.95. The van der Waals surface area contributed by atoms with Crippen molar-refractivity contribution < 1.29 is 18.8 Å². The number of imide groups is 1. The van der Waals surface area contributed by atoms with E-state index in [4.69, 9.17) is 0 Å². The summed E-state index contributed by atoms with van der Waals surface area (Å²) in [4.78, 5) is 41.9. The Kier molecular flexibility index (Phi) is 6.29. The summed E-state index contributed by atoms with van der Waals surface area (Å²) in [6.07, 6.45) is 2.02. The largest absolute Gasteiger partial charge is 0.339 e. The van der Waals surface area contributed by atoms with Gasteiger partial charge in [0.1, 0.15) is 5.82 Å². The second kappa shape index (κ2) is 9.09. The zero-order chi connectivity index (χ0) is 21.1. The Labute approximate surface area is 175 Å². The van der Waals surface area contributed by atoms with Gasteiger partial charge < -0.3 is 15.1 Å². The van der Waals surface area contributed by atoms with Crippen molar-refractivity contribution in [1.82, 2.24) is 20.4 Å². The molecular formula is C21H28FN5O3. The molecule has 3 heterocycles. The maximum atomic E-state index is 14.4. The summed E-state index contributed by atoms with van der Waals surface area (Å²) in [5.74, 6) is -0.533. The second-order valence-electron chi connectivity index (χ2n) is 8.21. The van der Waals surface area contributed by atoms with E-state index in [2.05, 4.69) is 15.5 Å². The van der Waals surface area contributed by atoms with E-state index in [1.807, 2.05) is 4.90 Å². The molecule has 2 N–H and O–H groups in total. The van der Waals surface area contributed by atoms with Crippen LogP contribution in [0.1, 0.15) is 29.6 Å². The lowest BCUT2D eigenvalue weighted by Gasteiger charge is -2.36. The van der Waals surface area contributed by atoms with Crippen LogP contribution in [0.4, 0.5) is 14.9 Å². The van der Waals surface area contributed by atoms with E-state index in [0.717, 1.165) is 45.6 Å². The van der Waals surface area contributed by atoms with Gasteiger partial charge in [-0.3, -0.25) is 19.8 Å². The van der Waals surface area contributed by atoms with Crippen molar-refractivity contribution >= 4 is 23.5 Å². The third-order valence-electron chi connectivity index (χ3n) is 6.17. The van der Waals surface area contributed by atoms with Gasteiger partial charge in [0.25, 0.3) is 5.91 Å². The van der Waals surface area contributed by atoms with Crippen molar-refractivity contribution in [1.29, 1.82) is 0 Å². The molecule has 0 saturated carbocycles. The number of carbonyl (C=O) groups excluding carboxylic acids is 3. The Bertz CT molecular complexity index is 819. The number of halogens is 1. The molecule has 0 aliphatic carbocycles. The second-order valence-corrected chi connectivity index (χ2v) is 8.21. The van der Waals surface area contributed by atoms with Crippen LogP contribution in [0.2, 0.25) is 0 Å². The van der Waals surface area contributed by atoms with Crippen molar-refractivity contribution in [3.8, 4) is 0 Å². The van der Waals surface area contributed by atoms with Gasteiger partial charge in [-0.15, -0.1) is 0 Å². The van der Waals surface area contributed by atoms with Gasteiger partial charge >= 0.3 is 6.03 Å². The Morgan fingerprint density at radius 1 is 1.07 bits per heavy atom. The Morgan fingerprint density at radius 3 is 2.50 bits per heavy atom. The van der Waals surface area contributed by atoms with E-state index < -0.39 is 11.8 Å². The predicted octanol–water partition coefficient (Wildman–Crippen LogP) is 1.03. The lowest BCUT2D eigenvalue weighted by Crippen LogP contribution is -2.50. The average molecular weight is 417 g/mol. The third-order valence-corrected chi connectivity index (χ3v) is 6.17. The molecule has 0 bridgehead atoms. The number of hydrogen-bond donors (Lipinski definition) is 2. The molecular weight excluding hydrogens is 389 g/mol. The van der Waals surface area contributed by atoms with Crippen molar-refractivity contribution in [3.63, 3.8) is 0 Å². The molecule has 3 fully saturated rings. The van der Waals surface area contributed by atoms with Crippen LogP contribution >= 0.6 is 0 Å². The summed E-state index contributed by atoms with van der Waals surface area (Å²) in [7, 11) is 0. The van der Waals surface area contributed by atoms with Crippen LogP contribution in [0, 0.1) is 11.7 Å². The van der Waals surface area contributed by atoms with Crippen LogP contribution < -0.4 is 15.5 Å². The topological polar surface area (TPSA) is 85.0 Å². The van der Waals surface area contributed by atoms with Gasteiger partial charge in [-0.2, -0.15) is 0 Å². The minimum Gasteiger partial charge on any atom is -0.339 e. The first kappa shape index (κ1) is 20.7. The summed E-state index contributed by atoms with van der Waals surface area (Å²) in [5.41, 5.74) is 0.385. The smallest absolute Gasteiger partial charge is 0.328 e. The molecule has 0 unspecified atom stereocenters. The first-order chi connectivity index (χ1) is 14.5. The Morgan fingerprint density at radius 2 is 1.80 bits per heavy atom. The fourth-order valence-electron chi connectivity index (χ4n) is 4.41. The Balaban J connectivity index is 1.38. The molecule has 4 amide bonds. The molecule has 1 aromatic carbocycles. The van der Waals surface area contributed by atoms with Gasteiger partial charge in [0.2, 0.25) is 5.91 Å². The van der Waals surface area contributed by atoms with Crippen LogP contribution in [0.3, 0.4) is 0 Å². The van der Waals surface area contributed by atoms with Crippen molar-refractivity contribution in [2.24, 2.45) is 5.92 Å². The van der Waals surface area contributed by atoms with Crippen molar-refractivity contribution in [2.45, 2.75) is 19.3 Å². The summed E-state index contributed by atoms with van der Waals surface area (Å²) in [5, 5.41) is 5.55. The van der Waals surface area contributed by atoms with Crippen molar-refractivity contribution in [2.75, 3.05) is 57.3 Å². The number of hydrogen-bond acceptors (Lipinski definition) is 5. The summed E-state index contributed by atoms with van der Waals surface area (Å²) < 4.78 is 14.4. The normalized spacial score (nSPS) is 21.6. The number of urea groups is 1. The molecule has 0 aromatic heterocycles. The lowest BCUT2D eigenvalue weighted by molar-refractivity contribution is -0.120. The summed E-state index contributed by atoms with van der Waals surface area (Å²) in [6.45, 7) is 6.76. The molecule has 162 valence electrons. The highest BCUT2D eigenvalue weighted by Gasteiger charge is 2.29. The highest BCUT2D eigenvalue weighted by molar-refractivity contribution is 6.06. The van der Waals surface area contributed by atoms with Crippen molar-refractivity contribution in [3.05, 3.63) is 29.6 Å². The number of benzene rings is 1. The molecule has 3 saturated heterocycles. The molecule has 30 heavy (non-hydrogen) atoms. The number of anilines is 1. The fraction of sp³-hybridized carbons (Fsp3) is 0.571. The van der Waals surface area contributed by atoms with Gasteiger partial charge in [0.05, 0.1) is 5.69 Å². The highest BCUT2D eigenvalue weighted by atomic mass is 19.1. The molecule has 4 rings (SSSR count). The number of rotatable bonds is 4. The molecule has 0 radical (unpaired) electrons. The minimum atomic E-state index is -0.663. The van der Waals surface area contributed by atoms with Gasteiger partial charge in [0, 0.05) is 64.3 Å². The van der Waals surface area contributed by atoms with Crippen LogP contribution in [-0.4, -0.2) is 80.0 Å². The van der Waals surface area contributed by atoms with E-state index in [1.54, 1.807) is 0 Å². The fourth-order valence-corrected chi connectivity index (χ4v) is 4.41. The molecule has 3 aliphatic rings. The van der Waals surface area contributed by atoms with Crippen LogP contribution in [-0.2, 0) is 4.79 Å². The quantitative estimate of drug-likeness (QED) is 0.765. The standard InChI is InChI=1S/C21H28FN5O3/c22-17-2-1-16(13-18(17)27-10-5-19(28)24-21(27)30)20(29)26-8-3-15(4-9-26)14-25-11-6-23-7-12-25/h1-2,13,15,23H,3-12,14H2,(H,24,28,30). The summed E-state index contributed by atoms with van der Waals surface area (Å²) >= 11 is 0. The van der Waals surface area contributed by atoms with E-state index in [1.165, 1.54) is 23.1 Å². The Hall–Kier alpha value is -2.52. The minimum absolute atomic E-state index is 0.0273. The number of carbonyl (C=O) groups is 3. The number of piperidine rings is 1. The number of nitrogens with one attached hydrogen (secondary N) is 2. The zero-order valence-corrected chi connectivity index (χ0v) is 17.0. The van der Waals surface area contributed by atoms with Crippen LogP contribution in [0.25, 0.3) is 0 Å². The van der Waals surface area contributed by atoms with E-state index >= 15 is 0 Å². The molecule has 1 aromatic rings. The number of piperazine rings is 1. The third kappa shape index (κ3) is 4.62. The average Bonchev–Trinajstić information content (AvgIpc) is 2.75.